The van der Waals surface area contributed by atoms with Crippen molar-refractivity contribution in [2.45, 2.75) is 13.3 Å². The van der Waals surface area contributed by atoms with Gasteiger partial charge < -0.3 is 5.21 Å². The number of aryl methyl sites for hydroxylation is 1. The van der Waals surface area contributed by atoms with E-state index in [1.54, 1.807) is 7.05 Å². The third-order valence-corrected chi connectivity index (χ3v) is 1.81. The summed E-state index contributed by atoms with van der Waals surface area (Å²) in [6.07, 6.45) is 0.898. The Morgan fingerprint density at radius 1 is 1.42 bits per heavy atom. The van der Waals surface area contributed by atoms with Crippen molar-refractivity contribution >= 4 is 0 Å². The standard InChI is InChI=1S/C10H15NO/c1-9-4-3-5-10(8-9)6-7-11(2)12/h3-5,8,12H,6-7H2,1-2H3. The molecule has 0 saturated heterocycles. The average Bonchev–Trinajstić information content (AvgIpc) is 2.01. The van der Waals surface area contributed by atoms with E-state index in [2.05, 4.69) is 25.1 Å². The van der Waals surface area contributed by atoms with Gasteiger partial charge in [-0.2, -0.15) is 5.06 Å². The topological polar surface area (TPSA) is 23.5 Å². The fourth-order valence-corrected chi connectivity index (χ4v) is 1.16. The third kappa shape index (κ3) is 3.03. The molecule has 1 N–H and O–H groups in total. The first-order chi connectivity index (χ1) is 5.68. The second-order valence-electron chi connectivity index (χ2n) is 3.12. The molecule has 1 rings (SSSR count). The predicted molar refractivity (Wildman–Crippen MR) is 49.3 cm³/mol. The zero-order valence-corrected chi connectivity index (χ0v) is 7.62. The molecule has 0 spiro atoms. The van der Waals surface area contributed by atoms with Gasteiger partial charge in [0, 0.05) is 13.6 Å². The fourth-order valence-electron chi connectivity index (χ4n) is 1.16. The lowest BCUT2D eigenvalue weighted by Gasteiger charge is -2.07. The molecule has 0 aliphatic heterocycles. The highest BCUT2D eigenvalue weighted by Gasteiger charge is 1.95. The second kappa shape index (κ2) is 4.24. The van der Waals surface area contributed by atoms with Gasteiger partial charge >= 0.3 is 0 Å². The summed E-state index contributed by atoms with van der Waals surface area (Å²) in [6.45, 7) is 2.76. The molecule has 0 aliphatic carbocycles. The first kappa shape index (κ1) is 9.23. The second-order valence-corrected chi connectivity index (χ2v) is 3.12. The summed E-state index contributed by atoms with van der Waals surface area (Å²) in [5, 5.41) is 10.1. The molecule has 12 heavy (non-hydrogen) atoms. The van der Waals surface area contributed by atoms with Gasteiger partial charge in [0.2, 0.25) is 0 Å². The van der Waals surface area contributed by atoms with E-state index in [1.807, 2.05) is 6.07 Å². The third-order valence-electron chi connectivity index (χ3n) is 1.81. The van der Waals surface area contributed by atoms with Crippen molar-refractivity contribution in [2.75, 3.05) is 13.6 Å². The number of nitrogens with zero attached hydrogens (tertiary/aromatic N) is 1. The molecule has 1 aromatic rings. The van der Waals surface area contributed by atoms with Crippen LogP contribution in [0.15, 0.2) is 24.3 Å². The number of benzene rings is 1. The molecule has 2 heteroatoms. The molecule has 0 atom stereocenters. The minimum atomic E-state index is 0.684. The quantitative estimate of drug-likeness (QED) is 0.691. The number of hydrogen-bond acceptors (Lipinski definition) is 2. The van der Waals surface area contributed by atoms with Crippen LogP contribution in [0.3, 0.4) is 0 Å². The van der Waals surface area contributed by atoms with Crippen LogP contribution >= 0.6 is 0 Å². The van der Waals surface area contributed by atoms with Crippen molar-refractivity contribution in [3.05, 3.63) is 35.4 Å². The zero-order valence-electron chi connectivity index (χ0n) is 7.62. The van der Waals surface area contributed by atoms with Crippen molar-refractivity contribution in [3.8, 4) is 0 Å². The Morgan fingerprint density at radius 2 is 2.17 bits per heavy atom. The van der Waals surface area contributed by atoms with E-state index in [4.69, 9.17) is 5.21 Å². The van der Waals surface area contributed by atoms with Crippen molar-refractivity contribution in [1.82, 2.24) is 5.06 Å². The van der Waals surface area contributed by atoms with Crippen LogP contribution < -0.4 is 0 Å². The van der Waals surface area contributed by atoms with Crippen LogP contribution in [0.25, 0.3) is 0 Å². The maximum Gasteiger partial charge on any atom is 0.0275 e. The van der Waals surface area contributed by atoms with Crippen LogP contribution in [0.5, 0.6) is 0 Å². The largest absolute Gasteiger partial charge is 0.314 e. The number of rotatable bonds is 3. The molecule has 0 radical (unpaired) electrons. The molecular weight excluding hydrogens is 150 g/mol. The molecule has 1 aromatic carbocycles. The summed E-state index contributed by atoms with van der Waals surface area (Å²) in [5.41, 5.74) is 2.55. The van der Waals surface area contributed by atoms with E-state index in [0.717, 1.165) is 6.42 Å². The van der Waals surface area contributed by atoms with Gasteiger partial charge in [0.1, 0.15) is 0 Å². The van der Waals surface area contributed by atoms with E-state index in [1.165, 1.54) is 16.2 Å². The van der Waals surface area contributed by atoms with Gasteiger partial charge in [-0.1, -0.05) is 29.8 Å². The SMILES string of the molecule is Cc1cccc(CCN(C)O)c1. The van der Waals surface area contributed by atoms with Crippen LogP contribution in [0, 0.1) is 6.92 Å². The Balaban J connectivity index is 2.52. The Hall–Kier alpha value is -0.860. The van der Waals surface area contributed by atoms with E-state index in [9.17, 15) is 0 Å². The van der Waals surface area contributed by atoms with Crippen molar-refractivity contribution in [1.29, 1.82) is 0 Å². The first-order valence-corrected chi connectivity index (χ1v) is 4.14. The maximum atomic E-state index is 8.92. The summed E-state index contributed by atoms with van der Waals surface area (Å²) in [7, 11) is 1.66. The van der Waals surface area contributed by atoms with Crippen LogP contribution in [-0.4, -0.2) is 23.9 Å². The first-order valence-electron chi connectivity index (χ1n) is 4.14. The summed E-state index contributed by atoms with van der Waals surface area (Å²) < 4.78 is 0. The highest BCUT2D eigenvalue weighted by molar-refractivity contribution is 5.22. The van der Waals surface area contributed by atoms with E-state index in [0.29, 0.717) is 6.54 Å². The summed E-state index contributed by atoms with van der Waals surface area (Å²) in [4.78, 5) is 0. The molecule has 0 unspecified atom stereocenters. The molecule has 0 bridgehead atoms. The van der Waals surface area contributed by atoms with E-state index in [-0.39, 0.29) is 0 Å². The predicted octanol–water partition coefficient (Wildman–Crippen LogP) is 1.86. The van der Waals surface area contributed by atoms with Crippen molar-refractivity contribution in [3.63, 3.8) is 0 Å². The molecule has 0 amide bonds. The highest BCUT2D eigenvalue weighted by Crippen LogP contribution is 2.04. The molecule has 0 heterocycles. The van der Waals surface area contributed by atoms with Gasteiger partial charge in [-0.3, -0.25) is 0 Å². The molecule has 0 fully saturated rings. The number of hydroxylamine groups is 2. The van der Waals surface area contributed by atoms with Gasteiger partial charge in [0.15, 0.2) is 0 Å². The van der Waals surface area contributed by atoms with E-state index < -0.39 is 0 Å². The van der Waals surface area contributed by atoms with Gasteiger partial charge in [-0.05, 0) is 18.9 Å². The molecule has 0 aliphatic rings. The average molecular weight is 165 g/mol. The van der Waals surface area contributed by atoms with Crippen LogP contribution in [0.1, 0.15) is 11.1 Å². The number of hydrogen-bond donors (Lipinski definition) is 1. The molecule has 66 valence electrons. The molecular formula is C10H15NO. The molecule has 0 saturated carbocycles. The lowest BCUT2D eigenvalue weighted by atomic mass is 10.1. The minimum absolute atomic E-state index is 0.684. The molecule has 0 aromatic heterocycles. The van der Waals surface area contributed by atoms with Gasteiger partial charge in [-0.25, -0.2) is 0 Å². The molecule has 2 nitrogen and oxygen atoms in total. The van der Waals surface area contributed by atoms with Gasteiger partial charge in [0.25, 0.3) is 0 Å². The monoisotopic (exact) mass is 165 g/mol. The summed E-state index contributed by atoms with van der Waals surface area (Å²) in [5.74, 6) is 0. The lowest BCUT2D eigenvalue weighted by Crippen LogP contribution is -2.15. The fraction of sp³-hybridized carbons (Fsp3) is 0.400. The Morgan fingerprint density at radius 3 is 2.75 bits per heavy atom. The minimum Gasteiger partial charge on any atom is -0.314 e. The van der Waals surface area contributed by atoms with Crippen LogP contribution in [0.2, 0.25) is 0 Å². The Bertz CT molecular complexity index is 245. The lowest BCUT2D eigenvalue weighted by molar-refractivity contribution is -0.0634. The van der Waals surface area contributed by atoms with Gasteiger partial charge in [0.05, 0.1) is 0 Å². The summed E-state index contributed by atoms with van der Waals surface area (Å²) >= 11 is 0. The number of likely N-dealkylation sites (N-methyl/N-ethyl adjacent to an activating group) is 1. The Kier molecular flexibility index (Phi) is 3.26. The zero-order chi connectivity index (χ0) is 8.97. The maximum absolute atomic E-state index is 8.92. The van der Waals surface area contributed by atoms with Crippen LogP contribution in [-0.2, 0) is 6.42 Å². The smallest absolute Gasteiger partial charge is 0.0275 e. The Labute approximate surface area is 73.4 Å². The highest BCUT2D eigenvalue weighted by atomic mass is 16.5. The normalized spacial score (nSPS) is 10.7. The van der Waals surface area contributed by atoms with Gasteiger partial charge in [-0.15, -0.1) is 0 Å². The van der Waals surface area contributed by atoms with E-state index >= 15 is 0 Å². The van der Waals surface area contributed by atoms with Crippen LogP contribution in [0.4, 0.5) is 0 Å². The summed E-state index contributed by atoms with van der Waals surface area (Å²) in [6, 6.07) is 8.34. The van der Waals surface area contributed by atoms with Crippen molar-refractivity contribution in [2.24, 2.45) is 0 Å². The van der Waals surface area contributed by atoms with Crippen molar-refractivity contribution < 1.29 is 5.21 Å².